The molecular formula is C21H23FN2. The number of aromatic nitrogens is 2. The second-order valence-corrected chi connectivity index (χ2v) is 6.44. The summed E-state index contributed by atoms with van der Waals surface area (Å²) in [5, 5.41) is 4.65. The quantitative estimate of drug-likeness (QED) is 0.611. The van der Waals surface area contributed by atoms with Crippen molar-refractivity contribution in [1.82, 2.24) is 9.78 Å². The minimum atomic E-state index is -0.769. The van der Waals surface area contributed by atoms with Crippen LogP contribution in [0, 0.1) is 13.8 Å². The zero-order valence-corrected chi connectivity index (χ0v) is 14.5. The monoisotopic (exact) mass is 322 g/mol. The van der Waals surface area contributed by atoms with Gasteiger partial charge in [0.25, 0.3) is 0 Å². The molecule has 0 radical (unpaired) electrons. The largest absolute Gasteiger partial charge is 0.248 e. The summed E-state index contributed by atoms with van der Waals surface area (Å²) >= 11 is 0. The summed E-state index contributed by atoms with van der Waals surface area (Å²) in [4.78, 5) is 0. The molecule has 0 amide bonds. The Kier molecular flexibility index (Phi) is 4.79. The van der Waals surface area contributed by atoms with Gasteiger partial charge in [-0.1, -0.05) is 35.9 Å². The maximum atomic E-state index is 13.1. The molecule has 124 valence electrons. The fourth-order valence-electron chi connectivity index (χ4n) is 2.84. The lowest BCUT2D eigenvalue weighted by atomic mass is 10.0. The molecule has 2 aromatic carbocycles. The number of benzene rings is 2. The van der Waals surface area contributed by atoms with Crippen molar-refractivity contribution in [2.45, 2.75) is 39.8 Å². The van der Waals surface area contributed by atoms with Gasteiger partial charge in [0.05, 0.1) is 23.2 Å². The van der Waals surface area contributed by atoms with Crippen LogP contribution in [0.4, 0.5) is 4.39 Å². The Hall–Kier alpha value is -2.42. The van der Waals surface area contributed by atoms with E-state index in [4.69, 9.17) is 0 Å². The number of alkyl halides is 1. The number of rotatable bonds is 5. The topological polar surface area (TPSA) is 17.8 Å². The fraction of sp³-hybridized carbons (Fsp3) is 0.286. The third-order valence-electron chi connectivity index (χ3n) is 4.16. The number of hydrogen-bond donors (Lipinski definition) is 0. The molecule has 0 N–H and O–H groups in total. The van der Waals surface area contributed by atoms with Crippen LogP contribution in [0.2, 0.25) is 0 Å². The summed E-state index contributed by atoms with van der Waals surface area (Å²) in [5.74, 6) is 0. The lowest BCUT2D eigenvalue weighted by molar-refractivity contribution is 0.341. The van der Waals surface area contributed by atoms with E-state index in [1.54, 1.807) is 6.92 Å². The van der Waals surface area contributed by atoms with Gasteiger partial charge in [-0.2, -0.15) is 5.10 Å². The summed E-state index contributed by atoms with van der Waals surface area (Å²) in [7, 11) is 0. The van der Waals surface area contributed by atoms with Crippen LogP contribution in [0.3, 0.4) is 0 Å². The van der Waals surface area contributed by atoms with Crippen LogP contribution in [-0.2, 0) is 6.42 Å². The normalized spacial score (nSPS) is 12.3. The van der Waals surface area contributed by atoms with Gasteiger partial charge in [0, 0.05) is 5.56 Å². The average Bonchev–Trinajstić information content (AvgIpc) is 2.96. The molecule has 1 unspecified atom stereocenters. The van der Waals surface area contributed by atoms with Crippen molar-refractivity contribution in [1.29, 1.82) is 0 Å². The Morgan fingerprint density at radius 1 is 1.04 bits per heavy atom. The fourth-order valence-corrected chi connectivity index (χ4v) is 2.84. The molecule has 0 spiro atoms. The summed E-state index contributed by atoms with van der Waals surface area (Å²) in [5.41, 5.74) is 6.59. The van der Waals surface area contributed by atoms with E-state index >= 15 is 0 Å². The molecule has 3 rings (SSSR count). The van der Waals surface area contributed by atoms with E-state index in [0.29, 0.717) is 6.42 Å². The maximum absolute atomic E-state index is 13.1. The van der Waals surface area contributed by atoms with Crippen LogP contribution < -0.4 is 0 Å². The van der Waals surface area contributed by atoms with Crippen LogP contribution in [-0.4, -0.2) is 16.0 Å². The van der Waals surface area contributed by atoms with Crippen LogP contribution in [0.1, 0.15) is 30.2 Å². The van der Waals surface area contributed by atoms with E-state index < -0.39 is 6.17 Å². The molecule has 0 aliphatic heterocycles. The van der Waals surface area contributed by atoms with Crippen LogP contribution >= 0.6 is 0 Å². The molecular weight excluding hydrogens is 299 g/mol. The van der Waals surface area contributed by atoms with E-state index in [9.17, 15) is 4.39 Å². The highest BCUT2D eigenvalue weighted by Crippen LogP contribution is 2.25. The first-order chi connectivity index (χ1) is 11.5. The smallest absolute Gasteiger partial charge is 0.0976 e. The Labute approximate surface area is 143 Å². The van der Waals surface area contributed by atoms with E-state index in [1.807, 2.05) is 17.7 Å². The predicted molar refractivity (Wildman–Crippen MR) is 97.4 cm³/mol. The first-order valence-corrected chi connectivity index (χ1v) is 8.40. The van der Waals surface area contributed by atoms with Crippen molar-refractivity contribution in [2.24, 2.45) is 0 Å². The number of aryl methyl sites for hydroxylation is 3. The van der Waals surface area contributed by atoms with Crippen molar-refractivity contribution < 1.29 is 4.39 Å². The zero-order valence-electron chi connectivity index (χ0n) is 14.5. The molecule has 3 heteroatoms. The maximum Gasteiger partial charge on any atom is 0.0976 e. The van der Waals surface area contributed by atoms with Crippen molar-refractivity contribution in [3.05, 3.63) is 71.4 Å². The molecule has 0 aliphatic rings. The molecule has 0 bridgehead atoms. The second-order valence-electron chi connectivity index (χ2n) is 6.44. The lowest BCUT2D eigenvalue weighted by Gasteiger charge is -2.10. The van der Waals surface area contributed by atoms with Gasteiger partial charge in [0.15, 0.2) is 0 Å². The summed E-state index contributed by atoms with van der Waals surface area (Å²) < 4.78 is 15.1. The Balaban J connectivity index is 1.98. The standard InChI is InChI=1S/C21H23FN2/c1-15-7-11-20(12-8-15)24-21(13-17(3)23-24)19-6-4-5-18(14-19)10-9-16(2)22/h4-8,11-14,16H,9-10H2,1-3H3. The number of hydrogen-bond acceptors (Lipinski definition) is 1. The molecule has 0 saturated carbocycles. The van der Waals surface area contributed by atoms with Gasteiger partial charge in [-0.15, -0.1) is 0 Å². The molecule has 24 heavy (non-hydrogen) atoms. The van der Waals surface area contributed by atoms with Crippen LogP contribution in [0.25, 0.3) is 16.9 Å². The van der Waals surface area contributed by atoms with Gasteiger partial charge in [-0.3, -0.25) is 0 Å². The van der Waals surface area contributed by atoms with Gasteiger partial charge in [0.1, 0.15) is 0 Å². The van der Waals surface area contributed by atoms with Crippen molar-refractivity contribution >= 4 is 0 Å². The van der Waals surface area contributed by atoms with E-state index in [-0.39, 0.29) is 0 Å². The third kappa shape index (κ3) is 3.73. The van der Waals surface area contributed by atoms with Crippen LogP contribution in [0.5, 0.6) is 0 Å². The van der Waals surface area contributed by atoms with Gasteiger partial charge in [0.2, 0.25) is 0 Å². The lowest BCUT2D eigenvalue weighted by Crippen LogP contribution is -2.00. The minimum absolute atomic E-state index is 0.555. The summed E-state index contributed by atoms with van der Waals surface area (Å²) in [6.45, 7) is 5.69. The van der Waals surface area contributed by atoms with E-state index in [1.165, 1.54) is 5.56 Å². The Bertz CT molecular complexity index is 816. The highest BCUT2D eigenvalue weighted by Gasteiger charge is 2.11. The zero-order chi connectivity index (χ0) is 17.1. The second kappa shape index (κ2) is 7.00. The molecule has 1 aromatic heterocycles. The summed E-state index contributed by atoms with van der Waals surface area (Å²) in [6, 6.07) is 18.8. The molecule has 0 aliphatic carbocycles. The molecule has 3 aromatic rings. The highest BCUT2D eigenvalue weighted by molar-refractivity contribution is 5.63. The van der Waals surface area contributed by atoms with Crippen molar-refractivity contribution in [3.63, 3.8) is 0 Å². The van der Waals surface area contributed by atoms with Gasteiger partial charge >= 0.3 is 0 Å². The molecule has 2 nitrogen and oxygen atoms in total. The summed E-state index contributed by atoms with van der Waals surface area (Å²) in [6.07, 6.45) is 0.539. The number of nitrogens with zero attached hydrogens (tertiary/aromatic N) is 2. The molecule has 0 saturated heterocycles. The minimum Gasteiger partial charge on any atom is -0.248 e. The third-order valence-corrected chi connectivity index (χ3v) is 4.16. The van der Waals surface area contributed by atoms with Crippen molar-refractivity contribution in [3.8, 4) is 16.9 Å². The molecule has 1 atom stereocenters. The first-order valence-electron chi connectivity index (χ1n) is 8.40. The first kappa shape index (κ1) is 16.4. The predicted octanol–water partition coefficient (Wildman–Crippen LogP) is 5.45. The highest BCUT2D eigenvalue weighted by atomic mass is 19.1. The Morgan fingerprint density at radius 2 is 1.79 bits per heavy atom. The van der Waals surface area contributed by atoms with Gasteiger partial charge in [-0.25, -0.2) is 9.07 Å². The average molecular weight is 322 g/mol. The van der Waals surface area contributed by atoms with Crippen molar-refractivity contribution in [2.75, 3.05) is 0 Å². The molecule has 0 fully saturated rings. The van der Waals surface area contributed by atoms with E-state index in [0.717, 1.165) is 34.6 Å². The molecule has 1 heterocycles. The SMILES string of the molecule is Cc1ccc(-n2nc(C)cc2-c2cccc(CCC(C)F)c2)cc1. The van der Waals surface area contributed by atoms with Gasteiger partial charge in [-0.05, 0) is 63.4 Å². The van der Waals surface area contributed by atoms with Gasteiger partial charge < -0.3 is 0 Å². The Morgan fingerprint density at radius 3 is 2.50 bits per heavy atom. The number of halogens is 1. The van der Waals surface area contributed by atoms with Crippen LogP contribution in [0.15, 0.2) is 54.6 Å². The van der Waals surface area contributed by atoms with E-state index in [2.05, 4.69) is 60.6 Å².